The van der Waals surface area contributed by atoms with E-state index < -0.39 is 0 Å². The quantitative estimate of drug-likeness (QED) is 0.486. The predicted molar refractivity (Wildman–Crippen MR) is 64.6 cm³/mol. The van der Waals surface area contributed by atoms with Crippen LogP contribution < -0.4 is 0 Å². The van der Waals surface area contributed by atoms with Crippen LogP contribution in [0.4, 0.5) is 0 Å². The standard InChI is InChI=1S/C12H14O3S/c1-3-15-12(14)9(2)8-16-11-6-4-10(13)5-7-11/h4-7,13H,2-3,8H2,1H3. The summed E-state index contributed by atoms with van der Waals surface area (Å²) in [4.78, 5) is 12.2. The van der Waals surface area contributed by atoms with E-state index >= 15 is 0 Å². The number of aromatic hydroxyl groups is 1. The Kier molecular flexibility index (Phi) is 4.92. The number of carbonyl (C=O) groups excluding carboxylic acids is 1. The van der Waals surface area contributed by atoms with Crippen molar-refractivity contribution in [3.8, 4) is 5.75 Å². The molecule has 16 heavy (non-hydrogen) atoms. The monoisotopic (exact) mass is 238 g/mol. The van der Waals surface area contributed by atoms with E-state index in [1.54, 1.807) is 31.2 Å². The van der Waals surface area contributed by atoms with Gasteiger partial charge in [0.05, 0.1) is 6.61 Å². The number of phenols is 1. The van der Waals surface area contributed by atoms with E-state index in [1.807, 2.05) is 0 Å². The Labute approximate surface area is 99.1 Å². The maximum atomic E-state index is 11.2. The van der Waals surface area contributed by atoms with Crippen molar-refractivity contribution in [1.82, 2.24) is 0 Å². The van der Waals surface area contributed by atoms with E-state index in [4.69, 9.17) is 9.84 Å². The van der Waals surface area contributed by atoms with Crippen molar-refractivity contribution in [2.24, 2.45) is 0 Å². The summed E-state index contributed by atoms with van der Waals surface area (Å²) >= 11 is 1.48. The molecule has 0 fully saturated rings. The largest absolute Gasteiger partial charge is 0.508 e. The average Bonchev–Trinajstić information content (AvgIpc) is 2.28. The summed E-state index contributed by atoms with van der Waals surface area (Å²) in [5, 5.41) is 9.09. The smallest absolute Gasteiger partial charge is 0.334 e. The molecule has 0 aliphatic heterocycles. The summed E-state index contributed by atoms with van der Waals surface area (Å²) in [6.45, 7) is 5.79. The minimum absolute atomic E-state index is 0.230. The number of ether oxygens (including phenoxy) is 1. The van der Waals surface area contributed by atoms with Crippen molar-refractivity contribution >= 4 is 17.7 Å². The molecule has 4 heteroatoms. The number of benzene rings is 1. The molecule has 1 N–H and O–H groups in total. The molecule has 0 aromatic heterocycles. The Morgan fingerprint density at radius 1 is 1.44 bits per heavy atom. The van der Waals surface area contributed by atoms with Crippen molar-refractivity contribution in [3.05, 3.63) is 36.4 Å². The van der Waals surface area contributed by atoms with Crippen LogP contribution in [-0.2, 0) is 9.53 Å². The third-order valence-corrected chi connectivity index (χ3v) is 2.91. The van der Waals surface area contributed by atoms with Gasteiger partial charge < -0.3 is 9.84 Å². The highest BCUT2D eigenvalue weighted by Crippen LogP contribution is 2.22. The number of rotatable bonds is 5. The van der Waals surface area contributed by atoms with Gasteiger partial charge in [-0.1, -0.05) is 6.58 Å². The molecular formula is C12H14O3S. The van der Waals surface area contributed by atoms with Crippen molar-refractivity contribution in [2.45, 2.75) is 11.8 Å². The molecule has 0 radical (unpaired) electrons. The van der Waals surface area contributed by atoms with Gasteiger partial charge in [-0.15, -0.1) is 11.8 Å². The molecule has 0 spiro atoms. The molecular weight excluding hydrogens is 224 g/mol. The third-order valence-electron chi connectivity index (χ3n) is 1.81. The molecule has 86 valence electrons. The van der Waals surface area contributed by atoms with Crippen LogP contribution in [0.5, 0.6) is 5.75 Å². The second-order valence-electron chi connectivity index (χ2n) is 3.11. The van der Waals surface area contributed by atoms with Crippen molar-refractivity contribution in [2.75, 3.05) is 12.4 Å². The number of esters is 1. The summed E-state index contributed by atoms with van der Waals surface area (Å²) in [5.74, 6) is 0.367. The second kappa shape index (κ2) is 6.23. The highest BCUT2D eigenvalue weighted by Gasteiger charge is 2.07. The molecule has 0 aliphatic rings. The number of hydrogen-bond donors (Lipinski definition) is 1. The highest BCUT2D eigenvalue weighted by atomic mass is 32.2. The average molecular weight is 238 g/mol. The number of thioether (sulfide) groups is 1. The van der Waals surface area contributed by atoms with E-state index in [0.29, 0.717) is 17.9 Å². The van der Waals surface area contributed by atoms with Crippen LogP contribution in [0.25, 0.3) is 0 Å². The van der Waals surface area contributed by atoms with Crippen molar-refractivity contribution < 1.29 is 14.6 Å². The Bertz CT molecular complexity index is 370. The molecule has 1 aromatic rings. The van der Waals surface area contributed by atoms with E-state index in [0.717, 1.165) is 4.90 Å². The first-order chi connectivity index (χ1) is 7.63. The fraction of sp³-hybridized carbons (Fsp3) is 0.250. The lowest BCUT2D eigenvalue weighted by molar-refractivity contribution is -0.138. The molecule has 0 amide bonds. The summed E-state index contributed by atoms with van der Waals surface area (Å²) < 4.78 is 4.82. The Hall–Kier alpha value is -1.42. The van der Waals surface area contributed by atoms with Gasteiger partial charge in [-0.3, -0.25) is 0 Å². The zero-order valence-electron chi connectivity index (χ0n) is 9.10. The van der Waals surface area contributed by atoms with Crippen LogP contribution in [0, 0.1) is 0 Å². The summed E-state index contributed by atoms with van der Waals surface area (Å²) in [6, 6.07) is 6.79. The zero-order chi connectivity index (χ0) is 12.0. The molecule has 0 saturated carbocycles. The van der Waals surface area contributed by atoms with Gasteiger partial charge >= 0.3 is 5.97 Å². The van der Waals surface area contributed by atoms with Gasteiger partial charge in [0.2, 0.25) is 0 Å². The van der Waals surface area contributed by atoms with E-state index in [1.165, 1.54) is 11.8 Å². The van der Waals surface area contributed by atoms with Gasteiger partial charge in [-0.05, 0) is 31.2 Å². The predicted octanol–water partition coefficient (Wildman–Crippen LogP) is 2.60. The minimum Gasteiger partial charge on any atom is -0.508 e. The van der Waals surface area contributed by atoms with Gasteiger partial charge in [-0.25, -0.2) is 4.79 Å². The van der Waals surface area contributed by atoms with Crippen molar-refractivity contribution in [3.63, 3.8) is 0 Å². The van der Waals surface area contributed by atoms with Gasteiger partial charge in [0, 0.05) is 16.2 Å². The van der Waals surface area contributed by atoms with Crippen molar-refractivity contribution in [1.29, 1.82) is 0 Å². The first-order valence-corrected chi connectivity index (χ1v) is 5.88. The minimum atomic E-state index is -0.353. The fourth-order valence-corrected chi connectivity index (χ4v) is 1.79. The lowest BCUT2D eigenvalue weighted by Crippen LogP contribution is -2.08. The van der Waals surface area contributed by atoms with Crippen LogP contribution in [0.15, 0.2) is 41.3 Å². The van der Waals surface area contributed by atoms with Crippen LogP contribution in [0.3, 0.4) is 0 Å². The Morgan fingerprint density at radius 2 is 2.06 bits per heavy atom. The Balaban J connectivity index is 2.42. The first-order valence-electron chi connectivity index (χ1n) is 4.90. The topological polar surface area (TPSA) is 46.5 Å². The molecule has 0 aliphatic carbocycles. The van der Waals surface area contributed by atoms with E-state index in [9.17, 15) is 4.79 Å². The summed E-state index contributed by atoms with van der Waals surface area (Å²) in [5.41, 5.74) is 0.444. The highest BCUT2D eigenvalue weighted by molar-refractivity contribution is 7.99. The molecule has 0 bridgehead atoms. The molecule has 1 rings (SSSR count). The van der Waals surface area contributed by atoms with Crippen LogP contribution in [0.2, 0.25) is 0 Å². The molecule has 0 heterocycles. The third kappa shape index (κ3) is 3.98. The Morgan fingerprint density at radius 3 is 2.62 bits per heavy atom. The second-order valence-corrected chi connectivity index (χ2v) is 4.16. The lowest BCUT2D eigenvalue weighted by Gasteiger charge is -2.05. The zero-order valence-corrected chi connectivity index (χ0v) is 9.92. The van der Waals surface area contributed by atoms with Gasteiger partial charge in [0.25, 0.3) is 0 Å². The van der Waals surface area contributed by atoms with Gasteiger partial charge in [0.15, 0.2) is 0 Å². The molecule has 0 saturated heterocycles. The van der Waals surface area contributed by atoms with E-state index in [-0.39, 0.29) is 11.7 Å². The maximum absolute atomic E-state index is 11.2. The number of carbonyl (C=O) groups is 1. The van der Waals surface area contributed by atoms with Crippen LogP contribution in [-0.4, -0.2) is 23.4 Å². The fourth-order valence-electron chi connectivity index (χ4n) is 1.00. The first kappa shape index (κ1) is 12.6. The van der Waals surface area contributed by atoms with Gasteiger partial charge in [-0.2, -0.15) is 0 Å². The lowest BCUT2D eigenvalue weighted by atomic mass is 10.3. The van der Waals surface area contributed by atoms with Gasteiger partial charge in [0.1, 0.15) is 5.75 Å². The number of phenolic OH excluding ortho intramolecular Hbond substituents is 1. The maximum Gasteiger partial charge on any atom is 0.334 e. The SMILES string of the molecule is C=C(CSc1ccc(O)cc1)C(=O)OCC. The van der Waals surface area contributed by atoms with Crippen LogP contribution in [0.1, 0.15) is 6.92 Å². The molecule has 0 atom stereocenters. The molecule has 1 aromatic carbocycles. The molecule has 0 unspecified atom stereocenters. The summed E-state index contributed by atoms with van der Waals surface area (Å²) in [7, 11) is 0. The normalized spacial score (nSPS) is 9.81. The summed E-state index contributed by atoms with van der Waals surface area (Å²) in [6.07, 6.45) is 0. The molecule has 3 nitrogen and oxygen atoms in total. The van der Waals surface area contributed by atoms with E-state index in [2.05, 4.69) is 6.58 Å². The number of hydrogen-bond acceptors (Lipinski definition) is 4. The van der Waals surface area contributed by atoms with Crippen LogP contribution >= 0.6 is 11.8 Å².